The summed E-state index contributed by atoms with van der Waals surface area (Å²) in [5.74, 6) is 0. The van der Waals surface area contributed by atoms with E-state index in [1.54, 1.807) is 0 Å². The Labute approximate surface area is 69.5 Å². The summed E-state index contributed by atoms with van der Waals surface area (Å²) >= 11 is 0. The zero-order valence-electron chi connectivity index (χ0n) is 7.75. The topological polar surface area (TPSA) is 6.48 Å². The van der Waals surface area contributed by atoms with Crippen molar-refractivity contribution in [3.8, 4) is 0 Å². The molecule has 2 nitrogen and oxygen atoms in total. The minimum atomic E-state index is 0.569. The highest BCUT2D eigenvalue weighted by molar-refractivity contribution is 4.94. The fourth-order valence-electron chi connectivity index (χ4n) is 1.50. The minimum Gasteiger partial charge on any atom is -0.357 e. The summed E-state index contributed by atoms with van der Waals surface area (Å²) in [5, 5.41) is 0. The second kappa shape index (κ2) is 3.65. The first-order valence-corrected chi connectivity index (χ1v) is 4.49. The van der Waals surface area contributed by atoms with Crippen LogP contribution in [0.5, 0.6) is 0 Å². The summed E-state index contributed by atoms with van der Waals surface area (Å²) in [4.78, 5) is 4.72. The van der Waals surface area contributed by atoms with Crippen molar-refractivity contribution in [1.82, 2.24) is 9.80 Å². The van der Waals surface area contributed by atoms with E-state index in [4.69, 9.17) is 0 Å². The van der Waals surface area contributed by atoms with Crippen LogP contribution in [-0.4, -0.2) is 29.1 Å². The Morgan fingerprint density at radius 1 is 1.18 bits per heavy atom. The van der Waals surface area contributed by atoms with E-state index < -0.39 is 0 Å². The van der Waals surface area contributed by atoms with Crippen LogP contribution in [0.25, 0.3) is 0 Å². The predicted octanol–water partition coefficient (Wildman–Crippen LogP) is 1.85. The molecule has 0 bridgehead atoms. The molecule has 0 saturated heterocycles. The summed E-state index contributed by atoms with van der Waals surface area (Å²) in [7, 11) is 0. The molecule has 1 aliphatic rings. The first-order chi connectivity index (χ1) is 5.29. The highest BCUT2D eigenvalue weighted by Gasteiger charge is 2.18. The Bertz CT molecular complexity index is 142. The van der Waals surface area contributed by atoms with Gasteiger partial charge in [-0.05, 0) is 20.3 Å². The zero-order chi connectivity index (χ0) is 8.27. The van der Waals surface area contributed by atoms with E-state index in [1.807, 2.05) is 0 Å². The first-order valence-electron chi connectivity index (χ1n) is 4.49. The lowest BCUT2D eigenvalue weighted by Crippen LogP contribution is -2.35. The summed E-state index contributed by atoms with van der Waals surface area (Å²) < 4.78 is 0. The lowest BCUT2D eigenvalue weighted by Gasteiger charge is -2.28. The van der Waals surface area contributed by atoms with Gasteiger partial charge in [0.25, 0.3) is 0 Å². The fourth-order valence-corrected chi connectivity index (χ4v) is 1.50. The SMILES string of the molecule is CCCN1C=CN(CC)C1C. The van der Waals surface area contributed by atoms with E-state index >= 15 is 0 Å². The van der Waals surface area contributed by atoms with Crippen molar-refractivity contribution in [3.63, 3.8) is 0 Å². The van der Waals surface area contributed by atoms with Crippen LogP contribution in [0.15, 0.2) is 12.4 Å². The van der Waals surface area contributed by atoms with Crippen molar-refractivity contribution in [1.29, 1.82) is 0 Å². The molecule has 0 saturated carbocycles. The van der Waals surface area contributed by atoms with E-state index in [0.29, 0.717) is 6.17 Å². The molecule has 1 rings (SSSR count). The lowest BCUT2D eigenvalue weighted by molar-refractivity contribution is 0.176. The first kappa shape index (κ1) is 8.44. The van der Waals surface area contributed by atoms with E-state index in [0.717, 1.165) is 6.54 Å². The molecule has 0 radical (unpaired) electrons. The Kier molecular flexibility index (Phi) is 2.80. The molecule has 0 spiro atoms. The van der Waals surface area contributed by atoms with Gasteiger partial charge in [0.1, 0.15) is 0 Å². The van der Waals surface area contributed by atoms with Crippen molar-refractivity contribution in [2.24, 2.45) is 0 Å². The van der Waals surface area contributed by atoms with Gasteiger partial charge in [-0.1, -0.05) is 6.92 Å². The normalized spacial score (nSPS) is 23.4. The molecular formula is C9H18N2. The zero-order valence-corrected chi connectivity index (χ0v) is 7.75. The van der Waals surface area contributed by atoms with Crippen LogP contribution in [0.2, 0.25) is 0 Å². The molecule has 0 aromatic heterocycles. The van der Waals surface area contributed by atoms with Crippen molar-refractivity contribution < 1.29 is 0 Å². The molecule has 64 valence electrons. The number of hydrogen-bond donors (Lipinski definition) is 0. The van der Waals surface area contributed by atoms with Crippen molar-refractivity contribution in [2.75, 3.05) is 13.1 Å². The molecule has 0 fully saturated rings. The van der Waals surface area contributed by atoms with Gasteiger partial charge in [-0.25, -0.2) is 0 Å². The summed E-state index contributed by atoms with van der Waals surface area (Å²) in [6.45, 7) is 8.94. The van der Waals surface area contributed by atoms with Crippen molar-refractivity contribution >= 4 is 0 Å². The Morgan fingerprint density at radius 2 is 1.82 bits per heavy atom. The third kappa shape index (κ3) is 1.67. The monoisotopic (exact) mass is 154 g/mol. The molecule has 1 unspecified atom stereocenters. The van der Waals surface area contributed by atoms with Crippen LogP contribution < -0.4 is 0 Å². The Balaban J connectivity index is 2.42. The highest BCUT2D eigenvalue weighted by Crippen LogP contribution is 2.14. The van der Waals surface area contributed by atoms with Crippen molar-refractivity contribution in [3.05, 3.63) is 12.4 Å². The molecule has 1 atom stereocenters. The van der Waals surface area contributed by atoms with E-state index in [9.17, 15) is 0 Å². The van der Waals surface area contributed by atoms with Crippen LogP contribution in [0.1, 0.15) is 27.2 Å². The molecule has 0 aliphatic carbocycles. The van der Waals surface area contributed by atoms with Gasteiger partial charge >= 0.3 is 0 Å². The third-order valence-corrected chi connectivity index (χ3v) is 2.26. The second-order valence-corrected chi connectivity index (χ2v) is 3.00. The molecule has 11 heavy (non-hydrogen) atoms. The maximum Gasteiger partial charge on any atom is 0.0977 e. The summed E-state index contributed by atoms with van der Waals surface area (Å²) in [5.41, 5.74) is 0. The average Bonchev–Trinajstić information content (AvgIpc) is 2.34. The minimum absolute atomic E-state index is 0.569. The van der Waals surface area contributed by atoms with E-state index in [-0.39, 0.29) is 0 Å². The summed E-state index contributed by atoms with van der Waals surface area (Å²) in [6, 6.07) is 0. The molecule has 0 aromatic rings. The van der Waals surface area contributed by atoms with Gasteiger partial charge in [-0.3, -0.25) is 0 Å². The molecule has 2 heteroatoms. The quantitative estimate of drug-likeness (QED) is 0.612. The number of rotatable bonds is 3. The maximum absolute atomic E-state index is 2.38. The molecule has 1 heterocycles. The van der Waals surface area contributed by atoms with Gasteiger partial charge in [0.05, 0.1) is 6.17 Å². The van der Waals surface area contributed by atoms with Crippen LogP contribution in [0.3, 0.4) is 0 Å². The average molecular weight is 154 g/mol. The van der Waals surface area contributed by atoms with Crippen molar-refractivity contribution in [2.45, 2.75) is 33.4 Å². The van der Waals surface area contributed by atoms with Crippen LogP contribution >= 0.6 is 0 Å². The van der Waals surface area contributed by atoms with Gasteiger partial charge in [0, 0.05) is 25.5 Å². The van der Waals surface area contributed by atoms with E-state index in [2.05, 4.69) is 43.0 Å². The predicted molar refractivity (Wildman–Crippen MR) is 48.0 cm³/mol. The van der Waals surface area contributed by atoms with Gasteiger partial charge in [-0.15, -0.1) is 0 Å². The second-order valence-electron chi connectivity index (χ2n) is 3.00. The molecule has 1 aliphatic heterocycles. The van der Waals surface area contributed by atoms with Gasteiger partial charge < -0.3 is 9.80 Å². The lowest BCUT2D eigenvalue weighted by atomic mass is 10.4. The molecule has 0 amide bonds. The molecule has 0 N–H and O–H groups in total. The third-order valence-electron chi connectivity index (χ3n) is 2.26. The summed E-state index contributed by atoms with van der Waals surface area (Å²) in [6.07, 6.45) is 6.17. The van der Waals surface area contributed by atoms with Crippen LogP contribution in [0.4, 0.5) is 0 Å². The van der Waals surface area contributed by atoms with Gasteiger partial charge in [-0.2, -0.15) is 0 Å². The highest BCUT2D eigenvalue weighted by atomic mass is 15.4. The standard InChI is InChI=1S/C9H18N2/c1-4-6-11-8-7-10(5-2)9(11)3/h7-9H,4-6H2,1-3H3. The molecule has 0 aromatic carbocycles. The largest absolute Gasteiger partial charge is 0.357 e. The maximum atomic E-state index is 2.38. The smallest absolute Gasteiger partial charge is 0.0977 e. The van der Waals surface area contributed by atoms with Gasteiger partial charge in [0.2, 0.25) is 0 Å². The van der Waals surface area contributed by atoms with Crippen LogP contribution in [-0.2, 0) is 0 Å². The van der Waals surface area contributed by atoms with E-state index in [1.165, 1.54) is 13.0 Å². The Hall–Kier alpha value is -0.660. The van der Waals surface area contributed by atoms with Crippen LogP contribution in [0, 0.1) is 0 Å². The fraction of sp³-hybridized carbons (Fsp3) is 0.778. The molecular weight excluding hydrogens is 136 g/mol. The number of nitrogens with zero attached hydrogens (tertiary/aromatic N) is 2. The number of hydrogen-bond acceptors (Lipinski definition) is 2. The van der Waals surface area contributed by atoms with Gasteiger partial charge in [0.15, 0.2) is 0 Å². The Morgan fingerprint density at radius 3 is 2.27 bits per heavy atom.